The molecule has 0 unspecified atom stereocenters. The molecular formula is C15H17N. The molecule has 0 radical (unpaired) electrons. The van der Waals surface area contributed by atoms with Gasteiger partial charge in [-0.25, -0.2) is 0 Å². The second-order valence-electron chi connectivity index (χ2n) is 4.70. The van der Waals surface area contributed by atoms with Crippen LogP contribution < -0.4 is 0 Å². The summed E-state index contributed by atoms with van der Waals surface area (Å²) in [5.41, 5.74) is 3.98. The minimum atomic E-state index is 1.15. The van der Waals surface area contributed by atoms with Crippen molar-refractivity contribution in [2.75, 3.05) is 0 Å². The number of rotatable bonds is 0. The molecular weight excluding hydrogens is 194 g/mol. The summed E-state index contributed by atoms with van der Waals surface area (Å²) < 4.78 is 0. The summed E-state index contributed by atoms with van der Waals surface area (Å²) in [4.78, 5) is 4.82. The van der Waals surface area contributed by atoms with Crippen molar-refractivity contribution in [2.45, 2.75) is 38.5 Å². The summed E-state index contributed by atoms with van der Waals surface area (Å²) >= 11 is 0. The van der Waals surface area contributed by atoms with E-state index in [1.807, 2.05) is 0 Å². The van der Waals surface area contributed by atoms with Crippen LogP contribution in [0.1, 0.15) is 36.9 Å². The first-order chi connectivity index (χ1) is 7.93. The highest BCUT2D eigenvalue weighted by atomic mass is 14.7. The van der Waals surface area contributed by atoms with E-state index in [4.69, 9.17) is 4.98 Å². The van der Waals surface area contributed by atoms with E-state index in [0.29, 0.717) is 0 Å². The standard InChI is InChI=1S/C15H17N/c1-2-4-9-14-12(7-3-1)11-13-8-5-6-10-15(13)16-14/h5-6,8,10-11H,1-4,7,9H2. The minimum absolute atomic E-state index is 1.15. The molecule has 1 aromatic carbocycles. The topological polar surface area (TPSA) is 12.9 Å². The second-order valence-corrected chi connectivity index (χ2v) is 4.70. The third kappa shape index (κ3) is 1.82. The van der Waals surface area contributed by atoms with Crippen molar-refractivity contribution in [3.8, 4) is 0 Å². The smallest absolute Gasteiger partial charge is 0.0705 e. The molecule has 0 amide bonds. The maximum atomic E-state index is 4.82. The molecule has 0 saturated heterocycles. The molecule has 0 saturated carbocycles. The van der Waals surface area contributed by atoms with Crippen LogP contribution in [0, 0.1) is 0 Å². The van der Waals surface area contributed by atoms with Gasteiger partial charge in [0.15, 0.2) is 0 Å². The molecule has 1 nitrogen and oxygen atoms in total. The zero-order valence-electron chi connectivity index (χ0n) is 9.58. The van der Waals surface area contributed by atoms with E-state index < -0.39 is 0 Å². The van der Waals surface area contributed by atoms with Crippen LogP contribution in [0.3, 0.4) is 0 Å². The van der Waals surface area contributed by atoms with Crippen LogP contribution in [-0.4, -0.2) is 4.98 Å². The van der Waals surface area contributed by atoms with Gasteiger partial charge in [-0.05, 0) is 43.4 Å². The minimum Gasteiger partial charge on any atom is -0.253 e. The van der Waals surface area contributed by atoms with Crippen LogP contribution in [0.4, 0.5) is 0 Å². The van der Waals surface area contributed by atoms with Crippen molar-refractivity contribution in [1.82, 2.24) is 4.98 Å². The molecule has 0 aliphatic heterocycles. The maximum Gasteiger partial charge on any atom is 0.0705 e. The van der Waals surface area contributed by atoms with Gasteiger partial charge in [0.2, 0.25) is 0 Å². The van der Waals surface area contributed by atoms with Gasteiger partial charge in [0.1, 0.15) is 0 Å². The second kappa shape index (κ2) is 4.25. The van der Waals surface area contributed by atoms with Gasteiger partial charge in [-0.1, -0.05) is 31.0 Å². The molecule has 82 valence electrons. The molecule has 3 rings (SSSR count). The molecule has 16 heavy (non-hydrogen) atoms. The van der Waals surface area contributed by atoms with Gasteiger partial charge in [0, 0.05) is 11.1 Å². The average molecular weight is 211 g/mol. The molecule has 0 bridgehead atoms. The van der Waals surface area contributed by atoms with Crippen molar-refractivity contribution in [3.63, 3.8) is 0 Å². The fraction of sp³-hybridized carbons (Fsp3) is 0.400. The fourth-order valence-corrected chi connectivity index (χ4v) is 2.59. The molecule has 1 aliphatic carbocycles. The number of aromatic nitrogens is 1. The fourth-order valence-electron chi connectivity index (χ4n) is 2.59. The largest absolute Gasteiger partial charge is 0.253 e. The number of hydrogen-bond donors (Lipinski definition) is 0. The number of nitrogens with zero attached hydrogens (tertiary/aromatic N) is 1. The van der Waals surface area contributed by atoms with E-state index in [2.05, 4.69) is 30.3 Å². The summed E-state index contributed by atoms with van der Waals surface area (Å²) in [6, 6.07) is 10.8. The predicted molar refractivity (Wildman–Crippen MR) is 67.6 cm³/mol. The lowest BCUT2D eigenvalue weighted by Gasteiger charge is -2.13. The Morgan fingerprint density at radius 2 is 1.69 bits per heavy atom. The Hall–Kier alpha value is -1.37. The zero-order chi connectivity index (χ0) is 10.8. The normalized spacial score (nSPS) is 16.5. The predicted octanol–water partition coefficient (Wildman–Crippen LogP) is 3.89. The van der Waals surface area contributed by atoms with Gasteiger partial charge in [-0.15, -0.1) is 0 Å². The number of aryl methyl sites for hydroxylation is 2. The highest BCUT2D eigenvalue weighted by molar-refractivity contribution is 5.79. The van der Waals surface area contributed by atoms with Gasteiger partial charge in [-0.2, -0.15) is 0 Å². The lowest BCUT2D eigenvalue weighted by Crippen LogP contribution is -2.02. The SMILES string of the molecule is c1ccc2nc3c(cc2c1)CCCCCC3. The third-order valence-corrected chi connectivity index (χ3v) is 3.50. The Balaban J connectivity index is 2.12. The first-order valence-electron chi connectivity index (χ1n) is 6.31. The third-order valence-electron chi connectivity index (χ3n) is 3.50. The van der Waals surface area contributed by atoms with Crippen molar-refractivity contribution in [3.05, 3.63) is 41.6 Å². The Kier molecular flexibility index (Phi) is 2.61. The van der Waals surface area contributed by atoms with Gasteiger partial charge in [0.25, 0.3) is 0 Å². The lowest BCUT2D eigenvalue weighted by atomic mass is 9.96. The van der Waals surface area contributed by atoms with E-state index in [9.17, 15) is 0 Å². The molecule has 1 heteroatoms. The van der Waals surface area contributed by atoms with Crippen molar-refractivity contribution < 1.29 is 0 Å². The molecule has 0 N–H and O–H groups in total. The van der Waals surface area contributed by atoms with Crippen LogP contribution >= 0.6 is 0 Å². The molecule has 1 heterocycles. The lowest BCUT2D eigenvalue weighted by molar-refractivity contribution is 0.610. The van der Waals surface area contributed by atoms with Crippen molar-refractivity contribution >= 4 is 10.9 Å². The Morgan fingerprint density at radius 1 is 0.875 bits per heavy atom. The van der Waals surface area contributed by atoms with Crippen LogP contribution in [-0.2, 0) is 12.8 Å². The van der Waals surface area contributed by atoms with E-state index in [1.54, 1.807) is 0 Å². The molecule has 1 aromatic heterocycles. The summed E-state index contributed by atoms with van der Waals surface area (Å²) in [7, 11) is 0. The highest BCUT2D eigenvalue weighted by Gasteiger charge is 2.09. The van der Waals surface area contributed by atoms with Crippen LogP contribution in [0.2, 0.25) is 0 Å². The average Bonchev–Trinajstić information content (AvgIpc) is 2.29. The van der Waals surface area contributed by atoms with Crippen LogP contribution in [0.15, 0.2) is 30.3 Å². The molecule has 0 atom stereocenters. The zero-order valence-corrected chi connectivity index (χ0v) is 9.58. The Labute approximate surface area is 96.5 Å². The summed E-state index contributed by atoms with van der Waals surface area (Å²) in [6.45, 7) is 0. The summed E-state index contributed by atoms with van der Waals surface area (Å²) in [5, 5.41) is 1.29. The number of para-hydroxylation sites is 1. The van der Waals surface area contributed by atoms with Gasteiger partial charge in [-0.3, -0.25) is 4.98 Å². The number of benzene rings is 1. The van der Waals surface area contributed by atoms with Gasteiger partial charge >= 0.3 is 0 Å². The molecule has 0 spiro atoms. The molecule has 2 aromatic rings. The molecule has 1 aliphatic rings. The summed E-state index contributed by atoms with van der Waals surface area (Å²) in [6.07, 6.45) is 7.76. The van der Waals surface area contributed by atoms with E-state index in [-0.39, 0.29) is 0 Å². The van der Waals surface area contributed by atoms with E-state index >= 15 is 0 Å². The van der Waals surface area contributed by atoms with Crippen LogP contribution in [0.25, 0.3) is 10.9 Å². The number of fused-ring (bicyclic) bond motifs is 2. The van der Waals surface area contributed by atoms with Gasteiger partial charge < -0.3 is 0 Å². The van der Waals surface area contributed by atoms with E-state index in [0.717, 1.165) is 5.52 Å². The quantitative estimate of drug-likeness (QED) is 0.644. The number of pyridine rings is 1. The Morgan fingerprint density at radius 3 is 2.62 bits per heavy atom. The van der Waals surface area contributed by atoms with Crippen LogP contribution in [0.5, 0.6) is 0 Å². The first-order valence-corrected chi connectivity index (χ1v) is 6.31. The van der Waals surface area contributed by atoms with E-state index in [1.165, 1.54) is 55.2 Å². The maximum absolute atomic E-state index is 4.82. The summed E-state index contributed by atoms with van der Waals surface area (Å²) in [5.74, 6) is 0. The van der Waals surface area contributed by atoms with Crippen molar-refractivity contribution in [2.24, 2.45) is 0 Å². The van der Waals surface area contributed by atoms with Crippen molar-refractivity contribution in [1.29, 1.82) is 0 Å². The number of hydrogen-bond acceptors (Lipinski definition) is 1. The highest BCUT2D eigenvalue weighted by Crippen LogP contribution is 2.22. The molecule has 0 fully saturated rings. The monoisotopic (exact) mass is 211 g/mol. The Bertz CT molecular complexity index is 455. The first kappa shape index (κ1) is 9.83. The van der Waals surface area contributed by atoms with Gasteiger partial charge in [0.05, 0.1) is 5.52 Å².